The molecular weight excluding hydrogens is 462 g/mol. The highest BCUT2D eigenvalue weighted by Crippen LogP contribution is 2.36. The summed E-state index contributed by atoms with van der Waals surface area (Å²) < 4.78 is 19.0. The van der Waals surface area contributed by atoms with Gasteiger partial charge in [0.05, 0.1) is 18.8 Å². The van der Waals surface area contributed by atoms with Crippen molar-refractivity contribution in [1.29, 1.82) is 0 Å². The molecule has 2 heterocycles. The molecule has 1 unspecified atom stereocenters. The molecule has 1 aliphatic rings. The average molecular weight is 492 g/mol. The number of hydrogen-bond acceptors (Lipinski definition) is 6. The summed E-state index contributed by atoms with van der Waals surface area (Å²) >= 11 is 3.48. The molecule has 0 saturated carbocycles. The second-order valence-electron chi connectivity index (χ2n) is 8.24. The highest BCUT2D eigenvalue weighted by molar-refractivity contribution is 9.10. The van der Waals surface area contributed by atoms with Gasteiger partial charge < -0.3 is 24.2 Å². The summed E-state index contributed by atoms with van der Waals surface area (Å²) in [6.45, 7) is 9.92. The first-order valence-corrected chi connectivity index (χ1v) is 14.2. The molecule has 164 valence electrons. The third-order valence-electron chi connectivity index (χ3n) is 4.68. The fourth-order valence-corrected chi connectivity index (χ4v) is 4.14. The second-order valence-corrected chi connectivity index (χ2v) is 14.7. The van der Waals surface area contributed by atoms with Gasteiger partial charge in [-0.15, -0.1) is 0 Å². The van der Waals surface area contributed by atoms with Gasteiger partial charge in [-0.2, -0.15) is 5.10 Å². The maximum Gasteiger partial charge on any atom is 0.407 e. The predicted molar refractivity (Wildman–Crippen MR) is 113 cm³/mol. The molecule has 0 aliphatic carbocycles. The Morgan fingerprint density at radius 1 is 1.38 bits per heavy atom. The number of hydrogen-bond donors (Lipinski definition) is 1. The Morgan fingerprint density at radius 2 is 2.10 bits per heavy atom. The number of likely N-dealkylation sites (tertiary alicyclic amines) is 1. The Kier molecular flexibility index (Phi) is 8.26. The number of ether oxygens (including phenoxy) is 3. The summed E-state index contributed by atoms with van der Waals surface area (Å²) in [5.41, 5.74) is -0.441. The molecule has 0 spiro atoms. The van der Waals surface area contributed by atoms with Gasteiger partial charge >= 0.3 is 12.1 Å². The van der Waals surface area contributed by atoms with Crippen molar-refractivity contribution in [2.75, 3.05) is 32.9 Å². The van der Waals surface area contributed by atoms with Crippen LogP contribution in [0.2, 0.25) is 25.7 Å². The summed E-state index contributed by atoms with van der Waals surface area (Å²) in [6.07, 6.45) is -0.627. The number of nitrogens with zero attached hydrogens (tertiary/aromatic N) is 3. The zero-order chi connectivity index (χ0) is 21.7. The molecule has 1 aromatic heterocycles. The van der Waals surface area contributed by atoms with E-state index in [-0.39, 0.29) is 26.5 Å². The van der Waals surface area contributed by atoms with Crippen LogP contribution < -0.4 is 0 Å². The number of aromatic nitrogens is 2. The van der Waals surface area contributed by atoms with Crippen LogP contribution in [0.4, 0.5) is 4.79 Å². The van der Waals surface area contributed by atoms with Crippen molar-refractivity contribution in [3.8, 4) is 0 Å². The van der Waals surface area contributed by atoms with E-state index in [1.54, 1.807) is 17.7 Å². The number of rotatable bonds is 10. The number of carbonyl (C=O) groups is 2. The van der Waals surface area contributed by atoms with E-state index in [9.17, 15) is 14.7 Å². The summed E-state index contributed by atoms with van der Waals surface area (Å²) in [4.78, 5) is 24.5. The molecule has 2 rings (SSSR count). The molecule has 1 N–H and O–H groups in total. The lowest BCUT2D eigenvalue weighted by molar-refractivity contribution is -0.156. The molecule has 0 aromatic carbocycles. The summed E-state index contributed by atoms with van der Waals surface area (Å²) in [6, 6.07) is 2.84. The minimum atomic E-state index is -1.18. The minimum Gasteiger partial charge on any atom is -0.465 e. The van der Waals surface area contributed by atoms with Gasteiger partial charge in [0.1, 0.15) is 23.5 Å². The number of carbonyl (C=O) groups excluding carboxylic acids is 1. The monoisotopic (exact) mass is 491 g/mol. The summed E-state index contributed by atoms with van der Waals surface area (Å²) in [5, 5.41) is 13.9. The van der Waals surface area contributed by atoms with E-state index in [0.717, 1.165) is 6.04 Å². The first-order chi connectivity index (χ1) is 13.6. The highest BCUT2D eigenvalue weighted by Gasteiger charge is 2.45. The molecule has 0 bridgehead atoms. The van der Waals surface area contributed by atoms with E-state index < -0.39 is 25.7 Å². The van der Waals surface area contributed by atoms with Crippen LogP contribution in [0.1, 0.15) is 19.0 Å². The van der Waals surface area contributed by atoms with Crippen molar-refractivity contribution < 1.29 is 28.9 Å². The minimum absolute atomic E-state index is 0.0989. The maximum absolute atomic E-state index is 11.8. The molecule has 11 heteroatoms. The average Bonchev–Trinajstić information content (AvgIpc) is 3.22. The Hall–Kier alpha value is -1.43. The molecule has 1 saturated heterocycles. The SMILES string of the molecule is CCOC(=O)COC1(c2cc(Br)n(COCC[Si](C)(C)C)n2)CCN(C(=O)O)C1. The smallest absolute Gasteiger partial charge is 0.407 e. The summed E-state index contributed by atoms with van der Waals surface area (Å²) in [7, 11) is -1.18. The maximum atomic E-state index is 11.8. The molecule has 1 atom stereocenters. The zero-order valence-corrected chi connectivity index (χ0v) is 20.0. The Bertz CT molecular complexity index is 723. The van der Waals surface area contributed by atoms with Crippen molar-refractivity contribution in [1.82, 2.24) is 14.7 Å². The van der Waals surface area contributed by atoms with Gasteiger partial charge in [-0.3, -0.25) is 0 Å². The third-order valence-corrected chi connectivity index (χ3v) is 7.02. The summed E-state index contributed by atoms with van der Waals surface area (Å²) in [5.74, 6) is -0.492. The van der Waals surface area contributed by atoms with Gasteiger partial charge in [0.2, 0.25) is 0 Å². The van der Waals surface area contributed by atoms with Crippen molar-refractivity contribution in [2.24, 2.45) is 0 Å². The van der Waals surface area contributed by atoms with Crippen LogP contribution in [0.15, 0.2) is 10.7 Å². The van der Waals surface area contributed by atoms with Crippen molar-refractivity contribution in [3.05, 3.63) is 16.4 Å². The fraction of sp³-hybridized carbons (Fsp3) is 0.722. The van der Waals surface area contributed by atoms with Crippen LogP contribution in [0.5, 0.6) is 0 Å². The van der Waals surface area contributed by atoms with Gasteiger partial charge in [0.15, 0.2) is 0 Å². The Morgan fingerprint density at radius 3 is 2.69 bits per heavy atom. The zero-order valence-electron chi connectivity index (χ0n) is 17.4. The van der Waals surface area contributed by atoms with Gasteiger partial charge in [0, 0.05) is 27.6 Å². The number of halogens is 1. The molecule has 1 fully saturated rings. The standard InChI is InChI=1S/C18H30BrN3O6Si/c1-5-27-16(23)11-28-18(6-7-21(12-18)17(24)25)14-10-15(19)22(20-14)13-26-8-9-29(2,3)4/h10H,5-9,11-13H2,1-4H3,(H,24,25). The van der Waals surface area contributed by atoms with E-state index in [1.807, 2.05) is 0 Å². The van der Waals surface area contributed by atoms with E-state index in [4.69, 9.17) is 14.2 Å². The molecular formula is C18H30BrN3O6Si. The lowest BCUT2D eigenvalue weighted by Gasteiger charge is -2.27. The van der Waals surface area contributed by atoms with Gasteiger partial charge in [0.25, 0.3) is 0 Å². The van der Waals surface area contributed by atoms with E-state index in [1.165, 1.54) is 4.90 Å². The Balaban J connectivity index is 2.12. The molecule has 29 heavy (non-hydrogen) atoms. The van der Waals surface area contributed by atoms with Gasteiger partial charge in [-0.25, -0.2) is 14.3 Å². The molecule has 9 nitrogen and oxygen atoms in total. The van der Waals surface area contributed by atoms with Gasteiger partial charge in [-0.05, 0) is 35.0 Å². The molecule has 0 radical (unpaired) electrons. The molecule has 1 aliphatic heterocycles. The third kappa shape index (κ3) is 6.80. The predicted octanol–water partition coefficient (Wildman–Crippen LogP) is 3.12. The first-order valence-electron chi connectivity index (χ1n) is 9.65. The van der Waals surface area contributed by atoms with Crippen LogP contribution in [-0.2, 0) is 31.3 Å². The van der Waals surface area contributed by atoms with Crippen LogP contribution in [0, 0.1) is 0 Å². The van der Waals surface area contributed by atoms with Crippen molar-refractivity contribution in [2.45, 2.75) is 51.4 Å². The second kappa shape index (κ2) is 10.1. The van der Waals surface area contributed by atoms with Crippen LogP contribution in [0.3, 0.4) is 0 Å². The van der Waals surface area contributed by atoms with E-state index in [2.05, 4.69) is 40.7 Å². The van der Waals surface area contributed by atoms with Crippen molar-refractivity contribution >= 4 is 36.1 Å². The largest absolute Gasteiger partial charge is 0.465 e. The number of amides is 1. The molecule has 1 amide bonds. The number of carboxylic acid groups (broad SMARTS) is 1. The fourth-order valence-electron chi connectivity index (χ4n) is 2.98. The quantitative estimate of drug-likeness (QED) is 0.304. The first kappa shape index (κ1) is 23.8. The van der Waals surface area contributed by atoms with Crippen LogP contribution >= 0.6 is 15.9 Å². The molecule has 1 aromatic rings. The lowest BCUT2D eigenvalue weighted by atomic mass is 9.99. The normalized spacial score (nSPS) is 19.6. The highest BCUT2D eigenvalue weighted by atomic mass is 79.9. The van der Waals surface area contributed by atoms with Crippen molar-refractivity contribution in [3.63, 3.8) is 0 Å². The van der Waals surface area contributed by atoms with Gasteiger partial charge in [-0.1, -0.05) is 19.6 Å². The van der Waals surface area contributed by atoms with E-state index >= 15 is 0 Å². The van der Waals surface area contributed by atoms with E-state index in [0.29, 0.717) is 29.9 Å². The number of esters is 1. The van der Waals surface area contributed by atoms with Crippen LogP contribution in [0.25, 0.3) is 0 Å². The Labute approximate surface area is 180 Å². The van der Waals surface area contributed by atoms with Crippen LogP contribution in [-0.4, -0.2) is 72.8 Å². The topological polar surface area (TPSA) is 103 Å². The lowest BCUT2D eigenvalue weighted by Crippen LogP contribution is -2.38.